The molecule has 1 heterocycles. The average molecular weight is 229 g/mol. The number of nitrogen functional groups attached to an aromatic ring is 1. The van der Waals surface area contributed by atoms with Crippen LogP contribution in [-0.4, -0.2) is 12.1 Å². The molecule has 4 nitrogen and oxygen atoms in total. The summed E-state index contributed by atoms with van der Waals surface area (Å²) in [4.78, 5) is 4.25. The molecule has 0 aliphatic carbocycles. The van der Waals surface area contributed by atoms with E-state index in [-0.39, 0.29) is 0 Å². The van der Waals surface area contributed by atoms with Gasteiger partial charge in [0.15, 0.2) is 5.82 Å². The van der Waals surface area contributed by atoms with E-state index in [4.69, 9.17) is 10.5 Å². The highest BCUT2D eigenvalue weighted by molar-refractivity contribution is 5.62. The van der Waals surface area contributed by atoms with E-state index < -0.39 is 0 Å². The predicted molar refractivity (Wildman–Crippen MR) is 69.0 cm³/mol. The van der Waals surface area contributed by atoms with Crippen LogP contribution >= 0.6 is 0 Å². The Balaban J connectivity index is 2.08. The Morgan fingerprint density at radius 1 is 1.18 bits per heavy atom. The van der Waals surface area contributed by atoms with Crippen LogP contribution in [0.5, 0.6) is 5.88 Å². The van der Waals surface area contributed by atoms with E-state index >= 15 is 0 Å². The molecular weight excluding hydrogens is 214 g/mol. The molecule has 1 aromatic carbocycles. The summed E-state index contributed by atoms with van der Waals surface area (Å²) < 4.78 is 5.06. The lowest BCUT2D eigenvalue weighted by Gasteiger charge is -2.09. The van der Waals surface area contributed by atoms with Crippen molar-refractivity contribution in [2.45, 2.75) is 6.54 Å². The predicted octanol–water partition coefficient (Wildman–Crippen LogP) is 2.28. The van der Waals surface area contributed by atoms with Crippen LogP contribution in [0.25, 0.3) is 0 Å². The van der Waals surface area contributed by atoms with E-state index in [0.717, 1.165) is 0 Å². The van der Waals surface area contributed by atoms with Gasteiger partial charge in [0, 0.05) is 12.6 Å². The van der Waals surface area contributed by atoms with Crippen molar-refractivity contribution in [3.05, 3.63) is 48.0 Å². The molecule has 0 spiro atoms. The van der Waals surface area contributed by atoms with Gasteiger partial charge in [-0.2, -0.15) is 4.98 Å². The number of nitrogens with zero attached hydrogens (tertiary/aromatic N) is 1. The summed E-state index contributed by atoms with van der Waals surface area (Å²) in [5, 5.41) is 3.19. The van der Waals surface area contributed by atoms with Gasteiger partial charge in [-0.25, -0.2) is 0 Å². The van der Waals surface area contributed by atoms with Gasteiger partial charge >= 0.3 is 0 Å². The fourth-order valence-electron chi connectivity index (χ4n) is 1.49. The maximum absolute atomic E-state index is 5.83. The largest absolute Gasteiger partial charge is 0.481 e. The molecule has 2 rings (SSSR count). The third-order valence-electron chi connectivity index (χ3n) is 2.41. The van der Waals surface area contributed by atoms with Gasteiger partial charge in [-0.15, -0.1) is 0 Å². The lowest BCUT2D eigenvalue weighted by Crippen LogP contribution is -2.05. The highest BCUT2D eigenvalue weighted by Gasteiger charge is 2.02. The fourth-order valence-corrected chi connectivity index (χ4v) is 1.49. The van der Waals surface area contributed by atoms with Gasteiger partial charge < -0.3 is 15.8 Å². The molecule has 0 fully saturated rings. The van der Waals surface area contributed by atoms with Crippen molar-refractivity contribution in [2.75, 3.05) is 18.2 Å². The minimum Gasteiger partial charge on any atom is -0.481 e. The van der Waals surface area contributed by atoms with Gasteiger partial charge in [0.25, 0.3) is 0 Å². The summed E-state index contributed by atoms with van der Waals surface area (Å²) in [5.74, 6) is 1.20. The number of nitrogens with one attached hydrogen (secondary N) is 1. The molecular formula is C13H15N3O. The first-order valence-corrected chi connectivity index (χ1v) is 5.38. The number of ether oxygens (including phenoxy) is 1. The molecule has 0 saturated heterocycles. The first-order valence-electron chi connectivity index (χ1n) is 5.38. The molecule has 4 heteroatoms. The summed E-state index contributed by atoms with van der Waals surface area (Å²) in [6.07, 6.45) is 0. The van der Waals surface area contributed by atoms with Crippen molar-refractivity contribution in [2.24, 2.45) is 0 Å². The number of hydrogen-bond donors (Lipinski definition) is 2. The van der Waals surface area contributed by atoms with Crippen LogP contribution < -0.4 is 15.8 Å². The van der Waals surface area contributed by atoms with Crippen molar-refractivity contribution >= 4 is 11.5 Å². The number of pyridine rings is 1. The molecule has 0 saturated carbocycles. The van der Waals surface area contributed by atoms with Gasteiger partial charge in [0.05, 0.1) is 12.8 Å². The first kappa shape index (κ1) is 11.3. The van der Waals surface area contributed by atoms with E-state index in [2.05, 4.69) is 10.3 Å². The van der Waals surface area contributed by atoms with Gasteiger partial charge in [0.1, 0.15) is 0 Å². The number of anilines is 2. The number of aromatic nitrogens is 1. The second kappa shape index (κ2) is 5.21. The first-order chi connectivity index (χ1) is 8.29. The highest BCUT2D eigenvalue weighted by Crippen LogP contribution is 2.20. The number of rotatable bonds is 4. The lowest BCUT2D eigenvalue weighted by atomic mass is 10.2. The van der Waals surface area contributed by atoms with E-state index in [1.807, 2.05) is 30.3 Å². The summed E-state index contributed by atoms with van der Waals surface area (Å²) in [6, 6.07) is 13.6. The normalized spacial score (nSPS) is 9.94. The molecule has 1 aromatic heterocycles. The molecule has 2 aromatic rings. The Hall–Kier alpha value is -2.23. The summed E-state index contributed by atoms with van der Waals surface area (Å²) >= 11 is 0. The zero-order valence-corrected chi connectivity index (χ0v) is 9.68. The Kier molecular flexibility index (Phi) is 3.45. The maximum atomic E-state index is 5.83. The molecule has 3 N–H and O–H groups in total. The fraction of sp³-hybridized carbons (Fsp3) is 0.154. The minimum absolute atomic E-state index is 0.551. The smallest absolute Gasteiger partial charge is 0.215 e. The zero-order chi connectivity index (χ0) is 12.1. The molecule has 0 radical (unpaired) electrons. The summed E-state index contributed by atoms with van der Waals surface area (Å²) in [6.45, 7) is 0.686. The second-order valence-corrected chi connectivity index (χ2v) is 3.63. The summed E-state index contributed by atoms with van der Waals surface area (Å²) in [7, 11) is 1.58. The highest BCUT2D eigenvalue weighted by atomic mass is 16.5. The SMILES string of the molecule is COc1ccc(N)c(NCc2ccccc2)n1. The summed E-state index contributed by atoms with van der Waals surface area (Å²) in [5.41, 5.74) is 7.62. The number of hydrogen-bond acceptors (Lipinski definition) is 4. The molecule has 0 amide bonds. The van der Waals surface area contributed by atoms with Crippen molar-refractivity contribution in [1.82, 2.24) is 4.98 Å². The Labute approximate surface area is 100 Å². The van der Waals surface area contributed by atoms with Crippen LogP contribution in [0.3, 0.4) is 0 Å². The molecule has 0 atom stereocenters. The Morgan fingerprint density at radius 2 is 1.94 bits per heavy atom. The molecule has 0 bridgehead atoms. The quantitative estimate of drug-likeness (QED) is 0.844. The van der Waals surface area contributed by atoms with Crippen LogP contribution in [0, 0.1) is 0 Å². The van der Waals surface area contributed by atoms with Gasteiger partial charge in [0.2, 0.25) is 5.88 Å². The molecule has 0 unspecified atom stereocenters. The van der Waals surface area contributed by atoms with Crippen molar-refractivity contribution < 1.29 is 4.74 Å². The van der Waals surface area contributed by atoms with Crippen LogP contribution in [0.15, 0.2) is 42.5 Å². The van der Waals surface area contributed by atoms with Gasteiger partial charge in [-0.05, 0) is 11.6 Å². The standard InChI is InChI=1S/C13H15N3O/c1-17-12-8-7-11(14)13(16-12)15-9-10-5-3-2-4-6-10/h2-8H,9,14H2,1H3,(H,15,16). The monoisotopic (exact) mass is 229 g/mol. The van der Waals surface area contributed by atoms with E-state index in [1.165, 1.54) is 5.56 Å². The third kappa shape index (κ3) is 2.87. The number of benzene rings is 1. The van der Waals surface area contributed by atoms with Crippen LogP contribution in [0.2, 0.25) is 0 Å². The van der Waals surface area contributed by atoms with Gasteiger partial charge in [-0.1, -0.05) is 30.3 Å². The number of nitrogens with two attached hydrogens (primary N) is 1. The van der Waals surface area contributed by atoms with E-state index in [0.29, 0.717) is 23.9 Å². The number of methoxy groups -OCH3 is 1. The molecule has 0 aliphatic rings. The minimum atomic E-state index is 0.551. The van der Waals surface area contributed by atoms with Crippen molar-refractivity contribution in [3.63, 3.8) is 0 Å². The van der Waals surface area contributed by atoms with Crippen molar-refractivity contribution in [3.8, 4) is 5.88 Å². The molecule has 17 heavy (non-hydrogen) atoms. The van der Waals surface area contributed by atoms with E-state index in [1.54, 1.807) is 19.2 Å². The Morgan fingerprint density at radius 3 is 2.65 bits per heavy atom. The third-order valence-corrected chi connectivity index (χ3v) is 2.41. The van der Waals surface area contributed by atoms with Crippen LogP contribution in [0.4, 0.5) is 11.5 Å². The molecule has 0 aliphatic heterocycles. The van der Waals surface area contributed by atoms with Crippen LogP contribution in [-0.2, 0) is 6.54 Å². The average Bonchev–Trinajstić information content (AvgIpc) is 2.39. The second-order valence-electron chi connectivity index (χ2n) is 3.63. The lowest BCUT2D eigenvalue weighted by molar-refractivity contribution is 0.398. The van der Waals surface area contributed by atoms with Crippen molar-refractivity contribution in [1.29, 1.82) is 0 Å². The Bertz CT molecular complexity index is 485. The van der Waals surface area contributed by atoms with E-state index in [9.17, 15) is 0 Å². The maximum Gasteiger partial charge on any atom is 0.215 e. The zero-order valence-electron chi connectivity index (χ0n) is 9.68. The molecule has 88 valence electrons. The van der Waals surface area contributed by atoms with Gasteiger partial charge in [-0.3, -0.25) is 0 Å². The topological polar surface area (TPSA) is 60.2 Å². The van der Waals surface area contributed by atoms with Crippen LogP contribution in [0.1, 0.15) is 5.56 Å².